The van der Waals surface area contributed by atoms with Crippen molar-refractivity contribution in [2.45, 2.75) is 46.6 Å². The first-order chi connectivity index (χ1) is 10.2. The molecule has 2 heterocycles. The monoisotopic (exact) mass is 300 g/mol. The van der Waals surface area contributed by atoms with Gasteiger partial charge in [0.05, 0.1) is 30.5 Å². The lowest BCUT2D eigenvalue weighted by molar-refractivity contribution is 0.0286. The van der Waals surface area contributed by atoms with Gasteiger partial charge in [-0.2, -0.15) is 10.5 Å². The Morgan fingerprint density at radius 1 is 1.23 bits per heavy atom. The number of nitrogens with zero attached hydrogens (tertiary/aromatic N) is 3. The van der Waals surface area contributed by atoms with Crippen LogP contribution < -0.4 is 5.73 Å². The van der Waals surface area contributed by atoms with Gasteiger partial charge in [0.1, 0.15) is 5.54 Å². The average molecular weight is 300 g/mol. The van der Waals surface area contributed by atoms with Crippen molar-refractivity contribution >= 4 is 5.90 Å². The van der Waals surface area contributed by atoms with Gasteiger partial charge in [0.25, 0.3) is 0 Å². The standard InChI is InChI=1S/C17H24N4O/c1-10(2)15(5)8-17(11(3)4)12(7-18)13(20)16(15,9-19)14(21-17)22-6/h10-11H,8,20H2,1-6H3. The fraction of sp³-hybridized carbons (Fsp3) is 0.706. The normalized spacial score (nSPS) is 37.1. The summed E-state index contributed by atoms with van der Waals surface area (Å²) in [5.41, 5.74) is 4.83. The molecule has 0 saturated heterocycles. The number of hydrogen-bond acceptors (Lipinski definition) is 5. The summed E-state index contributed by atoms with van der Waals surface area (Å²) in [6, 6.07) is 4.59. The number of nitrogens with two attached hydrogens (primary N) is 1. The molecule has 0 aromatic rings. The van der Waals surface area contributed by atoms with Crippen LogP contribution in [0.5, 0.6) is 0 Å². The van der Waals surface area contributed by atoms with Crippen LogP contribution in [0.15, 0.2) is 16.3 Å². The van der Waals surface area contributed by atoms with Crippen LogP contribution in [0.25, 0.3) is 0 Å². The van der Waals surface area contributed by atoms with E-state index in [1.165, 1.54) is 7.11 Å². The van der Waals surface area contributed by atoms with Crippen molar-refractivity contribution in [1.29, 1.82) is 10.5 Å². The van der Waals surface area contributed by atoms with Crippen molar-refractivity contribution in [3.05, 3.63) is 11.3 Å². The Balaban J connectivity index is 2.95. The molecule has 0 aromatic heterocycles. The van der Waals surface area contributed by atoms with Crippen LogP contribution in [0.3, 0.4) is 0 Å². The summed E-state index contributed by atoms with van der Waals surface area (Å²) in [7, 11) is 1.52. The zero-order chi connectivity index (χ0) is 16.9. The van der Waals surface area contributed by atoms with Crippen LogP contribution in [0.2, 0.25) is 0 Å². The molecular formula is C17H24N4O. The summed E-state index contributed by atoms with van der Waals surface area (Å²) in [4.78, 5) is 4.73. The summed E-state index contributed by atoms with van der Waals surface area (Å²) < 4.78 is 5.51. The number of hydrogen-bond donors (Lipinski definition) is 1. The van der Waals surface area contributed by atoms with Gasteiger partial charge in [0, 0.05) is 5.41 Å². The first-order valence-electron chi connectivity index (χ1n) is 7.64. The molecule has 22 heavy (non-hydrogen) atoms. The Bertz CT molecular complexity index is 649. The lowest BCUT2D eigenvalue weighted by atomic mass is 9.46. The quantitative estimate of drug-likeness (QED) is 0.848. The van der Waals surface area contributed by atoms with E-state index in [2.05, 4.69) is 32.9 Å². The Kier molecular flexibility index (Phi) is 3.53. The zero-order valence-electron chi connectivity index (χ0n) is 14.2. The second-order valence-electron chi connectivity index (χ2n) is 7.21. The maximum atomic E-state index is 10.0. The van der Waals surface area contributed by atoms with Crippen molar-refractivity contribution < 1.29 is 4.74 Å². The van der Waals surface area contributed by atoms with E-state index in [-0.39, 0.29) is 11.8 Å². The maximum absolute atomic E-state index is 10.0. The molecule has 0 radical (unpaired) electrons. The second kappa shape index (κ2) is 4.74. The number of ether oxygens (including phenoxy) is 1. The summed E-state index contributed by atoms with van der Waals surface area (Å²) >= 11 is 0. The van der Waals surface area contributed by atoms with E-state index in [0.717, 1.165) is 0 Å². The maximum Gasteiger partial charge on any atom is 0.211 e. The lowest BCUT2D eigenvalue weighted by Crippen LogP contribution is -2.65. The number of nitriles is 2. The molecule has 3 aliphatic rings. The average Bonchev–Trinajstić information content (AvgIpc) is 2.46. The molecule has 5 heteroatoms. The molecule has 0 aromatic carbocycles. The smallest absolute Gasteiger partial charge is 0.211 e. The van der Waals surface area contributed by atoms with Crippen LogP contribution in [-0.2, 0) is 4.74 Å². The molecular weight excluding hydrogens is 276 g/mol. The van der Waals surface area contributed by atoms with Gasteiger partial charge in [-0.1, -0.05) is 34.6 Å². The van der Waals surface area contributed by atoms with Gasteiger partial charge in [0.2, 0.25) is 5.90 Å². The Morgan fingerprint density at radius 3 is 2.18 bits per heavy atom. The minimum absolute atomic E-state index is 0.0842. The molecule has 5 nitrogen and oxygen atoms in total. The Hall–Kier alpha value is -2.01. The van der Waals surface area contributed by atoms with E-state index in [9.17, 15) is 10.5 Å². The third kappa shape index (κ3) is 1.49. The van der Waals surface area contributed by atoms with E-state index in [1.807, 2.05) is 13.8 Å². The molecule has 3 atom stereocenters. The van der Waals surface area contributed by atoms with Gasteiger partial charge >= 0.3 is 0 Å². The van der Waals surface area contributed by atoms with Crippen molar-refractivity contribution in [1.82, 2.24) is 0 Å². The van der Waals surface area contributed by atoms with Gasteiger partial charge < -0.3 is 10.5 Å². The third-order valence-corrected chi connectivity index (χ3v) is 5.92. The Labute approximate surface area is 132 Å². The summed E-state index contributed by atoms with van der Waals surface area (Å²) in [5, 5.41) is 19.7. The first kappa shape index (κ1) is 16.4. The van der Waals surface area contributed by atoms with E-state index < -0.39 is 16.4 Å². The molecule has 1 aliphatic carbocycles. The number of methoxy groups -OCH3 is 1. The van der Waals surface area contributed by atoms with Crippen molar-refractivity contribution in [2.24, 2.45) is 33.4 Å². The predicted octanol–water partition coefficient (Wildman–Crippen LogP) is 2.75. The predicted molar refractivity (Wildman–Crippen MR) is 84.4 cm³/mol. The summed E-state index contributed by atoms with van der Waals surface area (Å²) in [6.45, 7) is 10.3. The molecule has 2 bridgehead atoms. The molecule has 3 rings (SSSR count). The fourth-order valence-corrected chi connectivity index (χ4v) is 4.08. The van der Waals surface area contributed by atoms with Gasteiger partial charge in [-0.3, -0.25) is 0 Å². The molecule has 3 unspecified atom stereocenters. The van der Waals surface area contributed by atoms with Gasteiger partial charge in [-0.25, -0.2) is 4.99 Å². The first-order valence-corrected chi connectivity index (χ1v) is 7.64. The highest BCUT2D eigenvalue weighted by atomic mass is 16.5. The lowest BCUT2D eigenvalue weighted by Gasteiger charge is -2.59. The molecule has 0 saturated carbocycles. The van der Waals surface area contributed by atoms with E-state index >= 15 is 0 Å². The number of dihydropyridines is 1. The van der Waals surface area contributed by atoms with Crippen molar-refractivity contribution in [3.8, 4) is 12.1 Å². The van der Waals surface area contributed by atoms with Crippen LogP contribution in [-0.4, -0.2) is 18.5 Å². The van der Waals surface area contributed by atoms with Crippen molar-refractivity contribution in [2.75, 3.05) is 7.11 Å². The van der Waals surface area contributed by atoms with E-state index in [1.54, 1.807) is 0 Å². The third-order valence-electron chi connectivity index (χ3n) is 5.92. The highest BCUT2D eigenvalue weighted by Crippen LogP contribution is 2.64. The molecule has 2 N–H and O–H groups in total. The largest absolute Gasteiger partial charge is 0.483 e. The van der Waals surface area contributed by atoms with Crippen LogP contribution in [0.4, 0.5) is 0 Å². The van der Waals surface area contributed by atoms with Crippen LogP contribution in [0.1, 0.15) is 41.0 Å². The van der Waals surface area contributed by atoms with Gasteiger partial charge in [-0.05, 0) is 18.3 Å². The number of rotatable bonds is 2. The number of fused-ring (bicyclic) bond motifs is 1. The highest BCUT2D eigenvalue weighted by molar-refractivity contribution is 5.94. The Morgan fingerprint density at radius 2 is 1.82 bits per heavy atom. The topological polar surface area (TPSA) is 95.2 Å². The van der Waals surface area contributed by atoms with Gasteiger partial charge in [0.15, 0.2) is 5.41 Å². The minimum Gasteiger partial charge on any atom is -0.483 e. The zero-order valence-corrected chi connectivity index (χ0v) is 14.2. The molecule has 0 amide bonds. The van der Waals surface area contributed by atoms with E-state index in [4.69, 9.17) is 15.5 Å². The highest BCUT2D eigenvalue weighted by Gasteiger charge is 2.69. The van der Waals surface area contributed by atoms with Crippen LogP contribution in [0, 0.1) is 45.3 Å². The van der Waals surface area contributed by atoms with E-state index in [0.29, 0.717) is 23.6 Å². The molecule has 118 valence electrons. The fourth-order valence-electron chi connectivity index (χ4n) is 4.08. The summed E-state index contributed by atoms with van der Waals surface area (Å²) in [6.07, 6.45) is 0.624. The molecule has 0 fully saturated rings. The van der Waals surface area contributed by atoms with Crippen LogP contribution >= 0.6 is 0 Å². The van der Waals surface area contributed by atoms with Crippen molar-refractivity contribution in [3.63, 3.8) is 0 Å². The minimum atomic E-state index is -1.17. The molecule has 2 aliphatic heterocycles. The molecule has 0 spiro atoms. The van der Waals surface area contributed by atoms with Gasteiger partial charge in [-0.15, -0.1) is 0 Å². The second-order valence-corrected chi connectivity index (χ2v) is 7.21. The summed E-state index contributed by atoms with van der Waals surface area (Å²) in [5.74, 6) is 0.619. The number of aliphatic imine (C=N–C) groups is 1. The SMILES string of the molecule is COC1=NC2(C(C)C)CC(C)(C(C)C)C1(C#N)C(N)=C2C#N.